The Labute approximate surface area is 164 Å². The zero-order chi connectivity index (χ0) is 19.3. The highest BCUT2D eigenvalue weighted by atomic mass is 16.1. The third-order valence-corrected chi connectivity index (χ3v) is 5.44. The van der Waals surface area contributed by atoms with E-state index in [0.29, 0.717) is 12.1 Å². The lowest BCUT2D eigenvalue weighted by Crippen LogP contribution is -2.41. The minimum Gasteiger partial charge on any atom is -0.361 e. The fourth-order valence-electron chi connectivity index (χ4n) is 3.81. The van der Waals surface area contributed by atoms with Crippen LogP contribution in [0, 0.1) is 17.2 Å². The third kappa shape index (κ3) is 3.84. The summed E-state index contributed by atoms with van der Waals surface area (Å²) in [6.45, 7) is 2.26. The number of carbonyl (C=O) groups is 1. The molecule has 1 saturated heterocycles. The summed E-state index contributed by atoms with van der Waals surface area (Å²) in [7, 11) is 0. The van der Waals surface area contributed by atoms with Crippen LogP contribution in [0.1, 0.15) is 24.0 Å². The Morgan fingerprint density at radius 3 is 2.82 bits per heavy atom. The van der Waals surface area contributed by atoms with E-state index < -0.39 is 0 Å². The predicted molar refractivity (Wildman–Crippen MR) is 109 cm³/mol. The van der Waals surface area contributed by atoms with Crippen molar-refractivity contribution in [3.63, 3.8) is 0 Å². The summed E-state index contributed by atoms with van der Waals surface area (Å²) in [5.41, 5.74) is 2.93. The maximum absolute atomic E-state index is 12.5. The van der Waals surface area contributed by atoms with Crippen LogP contribution in [0.3, 0.4) is 0 Å². The summed E-state index contributed by atoms with van der Waals surface area (Å²) in [4.78, 5) is 22.3. The molecule has 0 radical (unpaired) electrons. The molecular formula is C22H23N5O. The molecule has 0 atom stereocenters. The maximum atomic E-state index is 12.5. The molecule has 6 nitrogen and oxygen atoms in total. The second-order valence-electron chi connectivity index (χ2n) is 7.18. The zero-order valence-electron chi connectivity index (χ0n) is 15.7. The lowest BCUT2D eigenvalue weighted by atomic mass is 9.95. The number of amides is 1. The first-order valence-electron chi connectivity index (χ1n) is 9.68. The van der Waals surface area contributed by atoms with E-state index in [4.69, 9.17) is 5.26 Å². The molecule has 2 aromatic heterocycles. The van der Waals surface area contributed by atoms with Gasteiger partial charge in [-0.15, -0.1) is 0 Å². The second kappa shape index (κ2) is 8.13. The minimum absolute atomic E-state index is 0.0533. The first-order valence-corrected chi connectivity index (χ1v) is 9.68. The molecule has 0 unspecified atom stereocenters. The lowest BCUT2D eigenvalue weighted by molar-refractivity contribution is -0.125. The number of rotatable bonds is 5. The van der Waals surface area contributed by atoms with Gasteiger partial charge in [-0.05, 0) is 43.0 Å². The quantitative estimate of drug-likeness (QED) is 0.720. The van der Waals surface area contributed by atoms with Crippen molar-refractivity contribution < 1.29 is 4.79 Å². The molecule has 1 amide bonds. The van der Waals surface area contributed by atoms with Crippen molar-refractivity contribution in [3.8, 4) is 6.07 Å². The van der Waals surface area contributed by atoms with E-state index in [1.54, 1.807) is 12.3 Å². The molecule has 3 heterocycles. The number of aromatic nitrogens is 2. The summed E-state index contributed by atoms with van der Waals surface area (Å²) < 4.78 is 0. The number of aromatic amines is 1. The van der Waals surface area contributed by atoms with Crippen LogP contribution >= 0.6 is 0 Å². The van der Waals surface area contributed by atoms with E-state index >= 15 is 0 Å². The van der Waals surface area contributed by atoms with Gasteiger partial charge in [0.05, 0.1) is 5.56 Å². The molecular weight excluding hydrogens is 350 g/mol. The van der Waals surface area contributed by atoms with Crippen molar-refractivity contribution in [1.29, 1.82) is 5.26 Å². The SMILES string of the molecule is N#Cc1ccc(N2CCC(C(=O)NCCc3c[nH]c4ccccc34)CC2)nc1. The first-order chi connectivity index (χ1) is 13.7. The van der Waals surface area contributed by atoms with Gasteiger partial charge in [0, 0.05) is 48.8 Å². The Kier molecular flexibility index (Phi) is 5.24. The molecule has 1 aromatic carbocycles. The van der Waals surface area contributed by atoms with E-state index in [9.17, 15) is 4.79 Å². The zero-order valence-corrected chi connectivity index (χ0v) is 15.7. The molecule has 4 rings (SSSR count). The number of benzene rings is 1. The molecule has 6 heteroatoms. The Bertz CT molecular complexity index is 994. The standard InChI is InChI=1S/C22H23N5O/c23-13-16-5-6-21(26-14-16)27-11-8-17(9-12-27)22(28)24-10-7-18-15-25-20-4-2-1-3-19(18)20/h1-6,14-15,17,25H,7-12H2,(H,24,28). The summed E-state index contributed by atoms with van der Waals surface area (Å²) in [5, 5.41) is 13.2. The molecule has 28 heavy (non-hydrogen) atoms. The normalized spacial score (nSPS) is 14.8. The van der Waals surface area contributed by atoms with Crippen molar-refractivity contribution >= 4 is 22.6 Å². The van der Waals surface area contributed by atoms with Gasteiger partial charge in [0.1, 0.15) is 11.9 Å². The number of piperidine rings is 1. The second-order valence-corrected chi connectivity index (χ2v) is 7.18. The van der Waals surface area contributed by atoms with Gasteiger partial charge in [0.2, 0.25) is 5.91 Å². The van der Waals surface area contributed by atoms with Crippen LogP contribution in [0.2, 0.25) is 0 Å². The van der Waals surface area contributed by atoms with Gasteiger partial charge < -0.3 is 15.2 Å². The van der Waals surface area contributed by atoms with Crippen LogP contribution in [0.25, 0.3) is 10.9 Å². The number of nitrogens with one attached hydrogen (secondary N) is 2. The number of anilines is 1. The maximum Gasteiger partial charge on any atom is 0.223 e. The number of hydrogen-bond acceptors (Lipinski definition) is 4. The number of H-pyrrole nitrogens is 1. The number of para-hydroxylation sites is 1. The van der Waals surface area contributed by atoms with Gasteiger partial charge in [-0.3, -0.25) is 4.79 Å². The Morgan fingerprint density at radius 2 is 2.07 bits per heavy atom. The molecule has 1 fully saturated rings. The average Bonchev–Trinajstić information content (AvgIpc) is 3.17. The van der Waals surface area contributed by atoms with E-state index in [1.165, 1.54) is 10.9 Å². The molecule has 0 saturated carbocycles. The Balaban J connectivity index is 1.25. The van der Waals surface area contributed by atoms with Crippen molar-refractivity contribution in [2.24, 2.45) is 5.92 Å². The summed E-state index contributed by atoms with van der Waals surface area (Å²) in [5.74, 6) is 1.07. The van der Waals surface area contributed by atoms with Crippen molar-refractivity contribution in [2.45, 2.75) is 19.3 Å². The van der Waals surface area contributed by atoms with Crippen molar-refractivity contribution in [3.05, 3.63) is 59.9 Å². The number of hydrogen-bond donors (Lipinski definition) is 2. The van der Waals surface area contributed by atoms with Crippen LogP contribution in [0.5, 0.6) is 0 Å². The molecule has 0 spiro atoms. The Morgan fingerprint density at radius 1 is 1.25 bits per heavy atom. The first kappa shape index (κ1) is 18.1. The summed E-state index contributed by atoms with van der Waals surface area (Å²) in [6, 6.07) is 14.0. The van der Waals surface area contributed by atoms with E-state index in [1.807, 2.05) is 24.4 Å². The largest absolute Gasteiger partial charge is 0.361 e. The van der Waals surface area contributed by atoms with Gasteiger partial charge in [0.15, 0.2) is 0 Å². The van der Waals surface area contributed by atoms with Gasteiger partial charge in [-0.1, -0.05) is 18.2 Å². The number of carbonyl (C=O) groups excluding carboxylic acids is 1. The smallest absolute Gasteiger partial charge is 0.223 e. The number of pyridine rings is 1. The highest BCUT2D eigenvalue weighted by molar-refractivity contribution is 5.83. The van der Waals surface area contributed by atoms with E-state index in [2.05, 4.69) is 38.4 Å². The van der Waals surface area contributed by atoms with Crippen LogP contribution in [0.4, 0.5) is 5.82 Å². The van der Waals surface area contributed by atoms with Gasteiger partial charge >= 0.3 is 0 Å². The highest BCUT2D eigenvalue weighted by Gasteiger charge is 2.25. The summed E-state index contributed by atoms with van der Waals surface area (Å²) in [6.07, 6.45) is 6.09. The minimum atomic E-state index is 0.0533. The van der Waals surface area contributed by atoms with Crippen LogP contribution < -0.4 is 10.2 Å². The monoisotopic (exact) mass is 373 g/mol. The van der Waals surface area contributed by atoms with Gasteiger partial charge in [-0.25, -0.2) is 4.98 Å². The van der Waals surface area contributed by atoms with Crippen molar-refractivity contribution in [1.82, 2.24) is 15.3 Å². The molecule has 1 aliphatic heterocycles. The molecule has 0 aliphatic carbocycles. The van der Waals surface area contributed by atoms with Crippen molar-refractivity contribution in [2.75, 3.05) is 24.5 Å². The Hall–Kier alpha value is -3.33. The van der Waals surface area contributed by atoms with Gasteiger partial charge in [-0.2, -0.15) is 5.26 Å². The summed E-state index contributed by atoms with van der Waals surface area (Å²) >= 11 is 0. The molecule has 2 N–H and O–H groups in total. The fourth-order valence-corrected chi connectivity index (χ4v) is 3.81. The number of nitriles is 1. The van der Waals surface area contributed by atoms with Gasteiger partial charge in [0.25, 0.3) is 0 Å². The number of nitrogens with zero attached hydrogens (tertiary/aromatic N) is 3. The predicted octanol–water partition coefficient (Wildman–Crippen LogP) is 3.01. The topological polar surface area (TPSA) is 84.8 Å². The molecule has 3 aromatic rings. The molecule has 0 bridgehead atoms. The van der Waals surface area contributed by atoms with Crippen LogP contribution in [-0.4, -0.2) is 35.5 Å². The number of fused-ring (bicyclic) bond motifs is 1. The fraction of sp³-hybridized carbons (Fsp3) is 0.318. The van der Waals surface area contributed by atoms with E-state index in [-0.39, 0.29) is 11.8 Å². The third-order valence-electron chi connectivity index (χ3n) is 5.44. The molecule has 1 aliphatic rings. The lowest BCUT2D eigenvalue weighted by Gasteiger charge is -2.32. The van der Waals surface area contributed by atoms with Crippen LogP contribution in [0.15, 0.2) is 48.8 Å². The van der Waals surface area contributed by atoms with E-state index in [0.717, 1.165) is 43.7 Å². The average molecular weight is 373 g/mol. The van der Waals surface area contributed by atoms with Crippen LogP contribution in [-0.2, 0) is 11.2 Å². The highest BCUT2D eigenvalue weighted by Crippen LogP contribution is 2.22. The molecule has 142 valence electrons.